The summed E-state index contributed by atoms with van der Waals surface area (Å²) in [6.45, 7) is 1.24. The Balaban J connectivity index is 1.79. The molecule has 5 nitrogen and oxygen atoms in total. The number of hydrogen-bond acceptors (Lipinski definition) is 3. The van der Waals surface area contributed by atoms with Gasteiger partial charge in [-0.1, -0.05) is 0 Å². The first-order valence-electron chi connectivity index (χ1n) is 6.71. The minimum absolute atomic E-state index is 0.0281. The molecule has 0 bridgehead atoms. The summed E-state index contributed by atoms with van der Waals surface area (Å²) in [6.07, 6.45) is 4.13. The van der Waals surface area contributed by atoms with Crippen LogP contribution in [-0.4, -0.2) is 42.9 Å². The normalized spacial score (nSPS) is 23.3. The average molecular weight is 266 g/mol. The second-order valence-electron chi connectivity index (χ2n) is 4.92. The first kappa shape index (κ1) is 14.1. The van der Waals surface area contributed by atoms with Gasteiger partial charge in [0.1, 0.15) is 0 Å². The summed E-state index contributed by atoms with van der Waals surface area (Å²) in [4.78, 5) is 11.9. The number of methoxy groups -OCH3 is 1. The molecule has 1 N–H and O–H groups in total. The van der Waals surface area contributed by atoms with Crippen LogP contribution < -0.4 is 5.32 Å². The van der Waals surface area contributed by atoms with Crippen LogP contribution in [0.15, 0.2) is 18.3 Å². The lowest BCUT2D eigenvalue weighted by molar-refractivity contribution is -0.125. The van der Waals surface area contributed by atoms with E-state index < -0.39 is 0 Å². The molecule has 1 fully saturated rings. The van der Waals surface area contributed by atoms with Gasteiger partial charge in [-0.15, -0.1) is 0 Å². The largest absolute Gasteiger partial charge is 0.379 e. The van der Waals surface area contributed by atoms with Crippen molar-refractivity contribution >= 4 is 5.91 Å². The third-order valence-corrected chi connectivity index (χ3v) is 3.60. The number of nitrogens with one attached hydrogen (secondary N) is 1. The molecule has 5 heteroatoms. The van der Waals surface area contributed by atoms with Crippen molar-refractivity contribution in [1.29, 1.82) is 0 Å². The van der Waals surface area contributed by atoms with E-state index in [2.05, 4.69) is 5.32 Å². The molecule has 0 aliphatic carbocycles. The highest BCUT2D eigenvalue weighted by Crippen LogP contribution is 2.11. The summed E-state index contributed by atoms with van der Waals surface area (Å²) < 4.78 is 12.8. The maximum absolute atomic E-state index is 11.9. The number of carbonyl (C=O) groups excluding carboxylic acids is 1. The zero-order valence-corrected chi connectivity index (χ0v) is 11.6. The number of nitrogens with zero attached hydrogens (tertiary/aromatic N) is 1. The molecule has 1 aliphatic rings. The number of ether oxygens (including phenoxy) is 2. The van der Waals surface area contributed by atoms with E-state index >= 15 is 0 Å². The fourth-order valence-corrected chi connectivity index (χ4v) is 2.41. The van der Waals surface area contributed by atoms with Gasteiger partial charge in [0, 0.05) is 39.1 Å². The van der Waals surface area contributed by atoms with Gasteiger partial charge < -0.3 is 19.4 Å². The van der Waals surface area contributed by atoms with Crippen LogP contribution in [0, 0.1) is 0 Å². The Morgan fingerprint density at radius 1 is 1.63 bits per heavy atom. The standard InChI is InChI=1S/C14H22N2O3/c1-16-8-3-4-11(16)5-6-14(17)15-12-10-19-9-7-13(12)18-2/h3-4,8,12-13H,5-7,9-10H2,1-2H3,(H,15,17). The van der Waals surface area contributed by atoms with Crippen molar-refractivity contribution in [3.63, 3.8) is 0 Å². The lowest BCUT2D eigenvalue weighted by atomic mass is 10.1. The number of amides is 1. The van der Waals surface area contributed by atoms with Crippen molar-refractivity contribution in [1.82, 2.24) is 9.88 Å². The Morgan fingerprint density at radius 3 is 3.16 bits per heavy atom. The number of hydrogen-bond donors (Lipinski definition) is 1. The van der Waals surface area contributed by atoms with E-state index in [9.17, 15) is 4.79 Å². The van der Waals surface area contributed by atoms with E-state index in [-0.39, 0.29) is 18.1 Å². The van der Waals surface area contributed by atoms with Crippen molar-refractivity contribution in [3.05, 3.63) is 24.0 Å². The number of rotatable bonds is 5. The molecule has 2 unspecified atom stereocenters. The third kappa shape index (κ3) is 3.81. The lowest BCUT2D eigenvalue weighted by Crippen LogP contribution is -2.50. The summed E-state index contributed by atoms with van der Waals surface area (Å²) in [5, 5.41) is 3.00. The Bertz CT molecular complexity index is 417. The van der Waals surface area contributed by atoms with E-state index in [4.69, 9.17) is 9.47 Å². The summed E-state index contributed by atoms with van der Waals surface area (Å²) >= 11 is 0. The number of aryl methyl sites for hydroxylation is 2. The molecule has 0 spiro atoms. The first-order valence-corrected chi connectivity index (χ1v) is 6.71. The van der Waals surface area contributed by atoms with Crippen molar-refractivity contribution in [2.45, 2.75) is 31.4 Å². The maximum atomic E-state index is 11.9. The molecule has 1 aromatic rings. The van der Waals surface area contributed by atoms with Gasteiger partial charge >= 0.3 is 0 Å². The van der Waals surface area contributed by atoms with Gasteiger partial charge in [-0.05, 0) is 25.0 Å². The van der Waals surface area contributed by atoms with Crippen LogP contribution >= 0.6 is 0 Å². The van der Waals surface area contributed by atoms with Gasteiger partial charge in [-0.3, -0.25) is 4.79 Å². The molecule has 1 amide bonds. The highest BCUT2D eigenvalue weighted by atomic mass is 16.5. The Hall–Kier alpha value is -1.33. The minimum atomic E-state index is -0.0281. The molecule has 1 saturated heterocycles. The molecular formula is C14H22N2O3. The summed E-state index contributed by atoms with van der Waals surface area (Å²) in [5.41, 5.74) is 1.17. The Labute approximate surface area is 113 Å². The van der Waals surface area contributed by atoms with Gasteiger partial charge in [-0.25, -0.2) is 0 Å². The molecule has 2 rings (SSSR count). The number of carbonyl (C=O) groups is 1. The molecule has 1 aliphatic heterocycles. The van der Waals surface area contributed by atoms with Gasteiger partial charge in [0.05, 0.1) is 18.8 Å². The van der Waals surface area contributed by atoms with Crippen LogP contribution in [0.5, 0.6) is 0 Å². The smallest absolute Gasteiger partial charge is 0.220 e. The highest BCUT2D eigenvalue weighted by molar-refractivity contribution is 5.76. The number of aromatic nitrogens is 1. The second kappa shape index (κ2) is 6.73. The Morgan fingerprint density at radius 2 is 2.47 bits per heavy atom. The highest BCUT2D eigenvalue weighted by Gasteiger charge is 2.26. The van der Waals surface area contributed by atoms with Gasteiger partial charge in [0.25, 0.3) is 0 Å². The predicted molar refractivity (Wildman–Crippen MR) is 71.9 cm³/mol. The molecule has 2 atom stereocenters. The van der Waals surface area contributed by atoms with E-state index in [1.165, 1.54) is 5.69 Å². The topological polar surface area (TPSA) is 52.5 Å². The van der Waals surface area contributed by atoms with Crippen molar-refractivity contribution in [2.75, 3.05) is 20.3 Å². The first-order chi connectivity index (χ1) is 9.20. The van der Waals surface area contributed by atoms with Crippen molar-refractivity contribution in [2.24, 2.45) is 7.05 Å². The van der Waals surface area contributed by atoms with Crippen LogP contribution in [0.25, 0.3) is 0 Å². The van der Waals surface area contributed by atoms with Crippen LogP contribution in [0.3, 0.4) is 0 Å². The molecule has 0 saturated carbocycles. The van der Waals surface area contributed by atoms with E-state index in [1.807, 2.05) is 29.9 Å². The molecule has 2 heterocycles. The molecular weight excluding hydrogens is 244 g/mol. The molecule has 0 radical (unpaired) electrons. The van der Waals surface area contributed by atoms with Gasteiger partial charge in [0.15, 0.2) is 0 Å². The monoisotopic (exact) mass is 266 g/mol. The maximum Gasteiger partial charge on any atom is 0.220 e. The van der Waals surface area contributed by atoms with Crippen molar-refractivity contribution in [3.8, 4) is 0 Å². The molecule has 0 aromatic carbocycles. The van der Waals surface area contributed by atoms with E-state index in [0.717, 1.165) is 12.8 Å². The molecule has 106 valence electrons. The van der Waals surface area contributed by atoms with Crippen LogP contribution in [0.2, 0.25) is 0 Å². The van der Waals surface area contributed by atoms with Crippen molar-refractivity contribution < 1.29 is 14.3 Å². The third-order valence-electron chi connectivity index (χ3n) is 3.60. The van der Waals surface area contributed by atoms with E-state index in [0.29, 0.717) is 19.6 Å². The molecule has 19 heavy (non-hydrogen) atoms. The lowest BCUT2D eigenvalue weighted by Gasteiger charge is -2.31. The van der Waals surface area contributed by atoms with Gasteiger partial charge in [-0.2, -0.15) is 0 Å². The van der Waals surface area contributed by atoms with E-state index in [1.54, 1.807) is 7.11 Å². The zero-order valence-electron chi connectivity index (χ0n) is 11.6. The zero-order chi connectivity index (χ0) is 13.7. The fourth-order valence-electron chi connectivity index (χ4n) is 2.41. The van der Waals surface area contributed by atoms with Gasteiger partial charge in [0.2, 0.25) is 5.91 Å². The van der Waals surface area contributed by atoms with Crippen LogP contribution in [-0.2, 0) is 27.7 Å². The molecule has 1 aromatic heterocycles. The van der Waals surface area contributed by atoms with Crippen LogP contribution in [0.1, 0.15) is 18.5 Å². The quantitative estimate of drug-likeness (QED) is 0.860. The summed E-state index contributed by atoms with van der Waals surface area (Å²) in [6, 6.07) is 4.00. The second-order valence-corrected chi connectivity index (χ2v) is 4.92. The SMILES string of the molecule is COC1CCOCC1NC(=O)CCc1cccn1C. The fraction of sp³-hybridized carbons (Fsp3) is 0.643. The predicted octanol–water partition coefficient (Wildman–Crippen LogP) is 0.878. The summed E-state index contributed by atoms with van der Waals surface area (Å²) in [7, 11) is 3.67. The average Bonchev–Trinajstić information content (AvgIpc) is 2.82. The summed E-state index contributed by atoms with van der Waals surface area (Å²) in [5.74, 6) is 0.0544. The Kier molecular flexibility index (Phi) is 4.99. The minimum Gasteiger partial charge on any atom is -0.379 e. The van der Waals surface area contributed by atoms with Crippen LogP contribution in [0.4, 0.5) is 0 Å².